The highest BCUT2D eigenvalue weighted by Crippen LogP contribution is 2.33. The first-order chi connectivity index (χ1) is 20.7. The highest BCUT2D eigenvalue weighted by atomic mass is 16.7. The van der Waals surface area contributed by atoms with Crippen molar-refractivity contribution < 1.29 is 38.4 Å². The summed E-state index contributed by atoms with van der Waals surface area (Å²) in [5.74, 6) is -0.447. The number of unbranched alkanes of at least 4 members (excludes halogenated alkanes) is 12. The lowest BCUT2D eigenvalue weighted by Gasteiger charge is -2.12. The summed E-state index contributed by atoms with van der Waals surface area (Å²) in [4.78, 5) is 37.9. The summed E-state index contributed by atoms with van der Waals surface area (Å²) in [6, 6.07) is 2.84. The lowest BCUT2D eigenvalue weighted by atomic mass is 10.0. The van der Waals surface area contributed by atoms with E-state index in [9.17, 15) is 14.4 Å². The Morgan fingerprint density at radius 2 is 1.40 bits per heavy atom. The summed E-state index contributed by atoms with van der Waals surface area (Å²) < 4.78 is 20.6. The summed E-state index contributed by atoms with van der Waals surface area (Å²) >= 11 is 0. The molecule has 0 amide bonds. The Morgan fingerprint density at radius 1 is 0.860 bits per heavy atom. The van der Waals surface area contributed by atoms with Crippen molar-refractivity contribution in [1.29, 1.82) is 0 Å². The Balaban J connectivity index is 1.87. The topological polar surface area (TPSA) is 165 Å². The number of rotatable bonds is 22. The summed E-state index contributed by atoms with van der Waals surface area (Å²) in [6.07, 6.45) is 13.3. The number of anilines is 1. The fourth-order valence-corrected chi connectivity index (χ4v) is 4.77. The van der Waals surface area contributed by atoms with Gasteiger partial charge in [0.05, 0.1) is 19.8 Å². The zero-order valence-corrected chi connectivity index (χ0v) is 26.1. The number of hydrogen-bond donors (Lipinski definition) is 2. The Bertz CT molecular complexity index is 1170. The number of ketones is 1. The maximum absolute atomic E-state index is 13.4. The smallest absolute Gasteiger partial charge is 0.493 e. The average molecular weight is 605 g/mol. The number of methoxy groups -OCH3 is 2. The fourth-order valence-electron chi connectivity index (χ4n) is 4.77. The van der Waals surface area contributed by atoms with Gasteiger partial charge in [-0.1, -0.05) is 84.0 Å². The number of carbonyl (C=O) groups excluding carboxylic acids is 2. The van der Waals surface area contributed by atoms with E-state index in [-0.39, 0.29) is 41.5 Å². The van der Waals surface area contributed by atoms with Crippen LogP contribution in [0.25, 0.3) is 0 Å². The van der Waals surface area contributed by atoms with Gasteiger partial charge in [-0.25, -0.2) is 4.79 Å². The number of ether oxygens (including phenoxy) is 4. The van der Waals surface area contributed by atoms with Crippen LogP contribution in [0, 0.1) is 0 Å². The number of nitrogen functional groups attached to an aromatic ring is 1. The summed E-state index contributed by atoms with van der Waals surface area (Å²) in [5.41, 5.74) is 5.99. The second-order valence-corrected chi connectivity index (χ2v) is 10.6. The monoisotopic (exact) mass is 604 g/mol. The Hall–Kier alpha value is -3.83. The van der Waals surface area contributed by atoms with Crippen molar-refractivity contribution in [2.24, 2.45) is 0 Å². The molecule has 0 saturated carbocycles. The number of nitrogens with two attached hydrogens (primary N) is 1. The van der Waals surface area contributed by atoms with Crippen LogP contribution in [-0.2, 0) is 21.0 Å². The molecule has 1 heterocycles. The average Bonchev–Trinajstić information content (AvgIpc) is 3.42. The molecule has 0 aliphatic carbocycles. The molecule has 240 valence electrons. The molecule has 12 nitrogen and oxygen atoms in total. The van der Waals surface area contributed by atoms with Crippen LogP contribution in [0.15, 0.2) is 12.1 Å². The largest absolute Gasteiger partial charge is 0.506 e. The van der Waals surface area contributed by atoms with Crippen LogP contribution in [-0.4, -0.2) is 52.2 Å². The minimum Gasteiger partial charge on any atom is -0.493 e. The standard InChI is InChI=1S/C31H48N4O8/c1-5-6-7-8-9-10-11-12-13-14-15-16-17-18-27(36)42-21-35-33-28(22(2)43-31(38)39)29(34-35)30(37)23-19-25(40-3)26(41-4)20-24(23)32/h19-20,22H,5-18,21,32H2,1-4H3,(H,38,39). The van der Waals surface area contributed by atoms with Crippen molar-refractivity contribution >= 4 is 23.6 Å². The third kappa shape index (κ3) is 12.1. The van der Waals surface area contributed by atoms with Crippen LogP contribution >= 0.6 is 0 Å². The molecule has 1 aromatic carbocycles. The molecule has 2 aromatic rings. The number of hydrogen-bond acceptors (Lipinski definition) is 10. The number of benzene rings is 1. The Morgan fingerprint density at radius 3 is 1.93 bits per heavy atom. The van der Waals surface area contributed by atoms with Gasteiger partial charge in [-0.3, -0.25) is 9.59 Å². The fraction of sp³-hybridized carbons (Fsp3) is 0.645. The highest BCUT2D eigenvalue weighted by molar-refractivity contribution is 6.12. The molecule has 0 fully saturated rings. The van der Waals surface area contributed by atoms with Crippen LogP contribution in [0.5, 0.6) is 11.5 Å². The third-order valence-electron chi connectivity index (χ3n) is 7.18. The molecule has 12 heteroatoms. The molecule has 0 bridgehead atoms. The van der Waals surface area contributed by atoms with Crippen LogP contribution in [0.3, 0.4) is 0 Å². The molecule has 0 saturated heterocycles. The van der Waals surface area contributed by atoms with Gasteiger partial charge in [-0.15, -0.1) is 9.90 Å². The minimum atomic E-state index is -1.55. The lowest BCUT2D eigenvalue weighted by molar-refractivity contribution is -0.148. The van der Waals surface area contributed by atoms with Crippen molar-refractivity contribution in [3.05, 3.63) is 29.1 Å². The van der Waals surface area contributed by atoms with E-state index in [0.717, 1.165) is 24.1 Å². The highest BCUT2D eigenvalue weighted by Gasteiger charge is 2.28. The van der Waals surface area contributed by atoms with Crippen molar-refractivity contribution in [2.75, 3.05) is 20.0 Å². The molecular weight excluding hydrogens is 556 g/mol. The molecule has 1 aromatic heterocycles. The van der Waals surface area contributed by atoms with E-state index >= 15 is 0 Å². The minimum absolute atomic E-state index is 0.0471. The molecule has 1 unspecified atom stereocenters. The number of aromatic nitrogens is 3. The van der Waals surface area contributed by atoms with Crippen molar-refractivity contribution in [2.45, 2.75) is 117 Å². The first kappa shape index (κ1) is 35.4. The van der Waals surface area contributed by atoms with Crippen LogP contribution in [0.2, 0.25) is 0 Å². The quantitative estimate of drug-likeness (QED) is 0.0625. The van der Waals surface area contributed by atoms with Gasteiger partial charge in [0.1, 0.15) is 11.8 Å². The predicted molar refractivity (Wildman–Crippen MR) is 161 cm³/mol. The van der Waals surface area contributed by atoms with Gasteiger partial charge in [0.15, 0.2) is 17.2 Å². The summed E-state index contributed by atoms with van der Waals surface area (Å²) in [6.45, 7) is 3.30. The Labute approximate surface area is 254 Å². The zero-order valence-electron chi connectivity index (χ0n) is 26.1. The summed E-state index contributed by atoms with van der Waals surface area (Å²) in [5, 5.41) is 17.4. The maximum Gasteiger partial charge on any atom is 0.506 e. The Kier molecular flexibility index (Phi) is 15.9. The second-order valence-electron chi connectivity index (χ2n) is 10.6. The van der Waals surface area contributed by atoms with E-state index in [0.29, 0.717) is 5.75 Å². The van der Waals surface area contributed by atoms with Gasteiger partial charge in [-0.05, 0) is 19.4 Å². The normalized spacial score (nSPS) is 11.6. The molecular formula is C31H48N4O8. The van der Waals surface area contributed by atoms with Crippen molar-refractivity contribution in [3.8, 4) is 11.5 Å². The number of esters is 1. The predicted octanol–water partition coefficient (Wildman–Crippen LogP) is 6.85. The van der Waals surface area contributed by atoms with Gasteiger partial charge in [0.25, 0.3) is 0 Å². The van der Waals surface area contributed by atoms with Crippen molar-refractivity contribution in [1.82, 2.24) is 15.0 Å². The molecule has 1 atom stereocenters. The SMILES string of the molecule is CCCCCCCCCCCCCCCC(=O)OCn1nc(C(=O)c2cc(OC)c(OC)cc2N)c(C(C)OC(=O)O)n1. The van der Waals surface area contributed by atoms with Gasteiger partial charge < -0.3 is 29.8 Å². The van der Waals surface area contributed by atoms with Gasteiger partial charge in [0.2, 0.25) is 12.5 Å². The lowest BCUT2D eigenvalue weighted by Crippen LogP contribution is -2.13. The van der Waals surface area contributed by atoms with Gasteiger partial charge >= 0.3 is 12.1 Å². The van der Waals surface area contributed by atoms with Gasteiger partial charge in [0, 0.05) is 18.2 Å². The molecule has 0 aliphatic heterocycles. The third-order valence-corrected chi connectivity index (χ3v) is 7.18. The van der Waals surface area contributed by atoms with Gasteiger partial charge in [-0.2, -0.15) is 5.10 Å². The second kappa shape index (κ2) is 19.4. The maximum atomic E-state index is 13.4. The van der Waals surface area contributed by atoms with E-state index in [1.807, 2.05) is 0 Å². The van der Waals surface area contributed by atoms with E-state index < -0.39 is 24.0 Å². The molecule has 0 spiro atoms. The molecule has 0 radical (unpaired) electrons. The number of nitrogens with zero attached hydrogens (tertiary/aromatic N) is 3. The summed E-state index contributed by atoms with van der Waals surface area (Å²) in [7, 11) is 2.85. The van der Waals surface area contributed by atoms with E-state index in [1.54, 1.807) is 0 Å². The molecule has 0 aliphatic rings. The molecule has 3 N–H and O–H groups in total. The van der Waals surface area contributed by atoms with Crippen LogP contribution in [0.4, 0.5) is 10.5 Å². The molecule has 2 rings (SSSR count). The van der Waals surface area contributed by atoms with Crippen LogP contribution < -0.4 is 15.2 Å². The van der Waals surface area contributed by atoms with Crippen molar-refractivity contribution in [3.63, 3.8) is 0 Å². The first-order valence-electron chi connectivity index (χ1n) is 15.3. The zero-order chi connectivity index (χ0) is 31.6. The first-order valence-corrected chi connectivity index (χ1v) is 15.3. The van der Waals surface area contributed by atoms with E-state index in [4.69, 9.17) is 29.8 Å². The number of carboxylic acid groups (broad SMARTS) is 1. The van der Waals surface area contributed by atoms with E-state index in [2.05, 4.69) is 17.1 Å². The number of carbonyl (C=O) groups is 3. The van der Waals surface area contributed by atoms with Crippen LogP contribution in [0.1, 0.15) is 132 Å². The van der Waals surface area contributed by atoms with E-state index in [1.165, 1.54) is 97.5 Å². The molecule has 43 heavy (non-hydrogen) atoms.